The molecule has 1 N–H and O–H groups in total. The number of carbonyl (C=O) groups excluding carboxylic acids is 1. The van der Waals surface area contributed by atoms with E-state index in [1.165, 1.54) is 5.56 Å². The van der Waals surface area contributed by atoms with E-state index < -0.39 is 0 Å². The van der Waals surface area contributed by atoms with Crippen LogP contribution in [0.1, 0.15) is 38.7 Å². The lowest BCUT2D eigenvalue weighted by Crippen LogP contribution is -2.39. The summed E-state index contributed by atoms with van der Waals surface area (Å²) in [6.07, 6.45) is 3.99. The fourth-order valence-corrected chi connectivity index (χ4v) is 2.82. The second-order valence-corrected chi connectivity index (χ2v) is 5.20. The molecule has 1 heterocycles. The molecule has 19 heavy (non-hydrogen) atoms. The van der Waals surface area contributed by atoms with Crippen molar-refractivity contribution in [3.05, 3.63) is 23.8 Å². The Labute approximate surface area is 116 Å². The molecular formula is C16H24N2O. The molecule has 0 bridgehead atoms. The summed E-state index contributed by atoms with van der Waals surface area (Å²) in [4.78, 5) is 14.6. The number of fused-ring (bicyclic) bond motifs is 1. The van der Waals surface area contributed by atoms with Crippen LogP contribution in [0.2, 0.25) is 0 Å². The second kappa shape index (κ2) is 6.09. The lowest BCUT2D eigenvalue weighted by atomic mass is 9.96. The minimum atomic E-state index is 0.157. The van der Waals surface area contributed by atoms with E-state index in [0.29, 0.717) is 5.91 Å². The van der Waals surface area contributed by atoms with Gasteiger partial charge in [-0.25, -0.2) is 0 Å². The Morgan fingerprint density at radius 1 is 1.37 bits per heavy atom. The average Bonchev–Trinajstić information content (AvgIpc) is 2.47. The lowest BCUT2D eigenvalue weighted by Gasteiger charge is -2.32. The van der Waals surface area contributed by atoms with Crippen molar-refractivity contribution >= 4 is 17.3 Å². The molecule has 0 saturated carbocycles. The molecule has 104 valence electrons. The van der Waals surface area contributed by atoms with Crippen LogP contribution in [0.15, 0.2) is 18.2 Å². The van der Waals surface area contributed by atoms with Crippen molar-refractivity contribution in [2.24, 2.45) is 5.92 Å². The van der Waals surface area contributed by atoms with E-state index in [4.69, 9.17) is 0 Å². The molecule has 0 unspecified atom stereocenters. The highest BCUT2D eigenvalue weighted by molar-refractivity contribution is 5.96. The summed E-state index contributed by atoms with van der Waals surface area (Å²) in [6, 6.07) is 6.34. The number of anilines is 2. The van der Waals surface area contributed by atoms with E-state index in [1.54, 1.807) is 0 Å². The van der Waals surface area contributed by atoms with Gasteiger partial charge in [-0.3, -0.25) is 4.79 Å². The summed E-state index contributed by atoms with van der Waals surface area (Å²) in [5, 5.41) is 3.16. The highest BCUT2D eigenvalue weighted by Gasteiger charge is 2.26. The van der Waals surface area contributed by atoms with E-state index in [-0.39, 0.29) is 5.92 Å². The van der Waals surface area contributed by atoms with Crippen LogP contribution in [-0.2, 0) is 11.2 Å². The Kier molecular flexibility index (Phi) is 4.46. The zero-order chi connectivity index (χ0) is 13.8. The molecule has 0 spiro atoms. The van der Waals surface area contributed by atoms with Crippen LogP contribution in [0.4, 0.5) is 11.4 Å². The molecule has 1 aromatic carbocycles. The molecule has 0 radical (unpaired) electrons. The summed E-state index contributed by atoms with van der Waals surface area (Å²) in [5.41, 5.74) is 3.47. The molecule has 1 aromatic rings. The molecule has 0 atom stereocenters. The number of benzene rings is 1. The molecular weight excluding hydrogens is 236 g/mol. The van der Waals surface area contributed by atoms with Gasteiger partial charge in [0.2, 0.25) is 5.91 Å². The van der Waals surface area contributed by atoms with E-state index >= 15 is 0 Å². The summed E-state index contributed by atoms with van der Waals surface area (Å²) >= 11 is 0. The topological polar surface area (TPSA) is 32.3 Å². The summed E-state index contributed by atoms with van der Waals surface area (Å²) in [6.45, 7) is 5.05. The van der Waals surface area contributed by atoms with Crippen molar-refractivity contribution in [2.75, 3.05) is 23.8 Å². The van der Waals surface area contributed by atoms with Crippen molar-refractivity contribution in [1.29, 1.82) is 0 Å². The van der Waals surface area contributed by atoms with Crippen LogP contribution in [-0.4, -0.2) is 19.5 Å². The molecule has 3 nitrogen and oxygen atoms in total. The number of aryl methyl sites for hydroxylation is 1. The minimum Gasteiger partial charge on any atom is -0.388 e. The monoisotopic (exact) mass is 260 g/mol. The zero-order valence-electron chi connectivity index (χ0n) is 12.2. The standard InChI is InChI=1S/C16H24N2O/c1-4-12(5-2)16(19)18-10-6-7-13-8-9-14(17-3)11-15(13)18/h8-9,11-12,17H,4-7,10H2,1-3H3. The zero-order valence-corrected chi connectivity index (χ0v) is 12.2. The lowest BCUT2D eigenvalue weighted by molar-refractivity contribution is -0.122. The Balaban J connectivity index is 2.32. The number of amides is 1. The van der Waals surface area contributed by atoms with Crippen LogP contribution in [0, 0.1) is 5.92 Å². The minimum absolute atomic E-state index is 0.157. The molecule has 0 fully saturated rings. The quantitative estimate of drug-likeness (QED) is 0.899. The number of rotatable bonds is 4. The van der Waals surface area contributed by atoms with Gasteiger partial charge in [0.15, 0.2) is 0 Å². The first kappa shape index (κ1) is 13.9. The first-order valence-electron chi connectivity index (χ1n) is 7.33. The van der Waals surface area contributed by atoms with Crippen LogP contribution in [0.25, 0.3) is 0 Å². The molecule has 1 aliphatic heterocycles. The van der Waals surface area contributed by atoms with Crippen LogP contribution in [0.3, 0.4) is 0 Å². The van der Waals surface area contributed by atoms with Gasteiger partial charge in [-0.15, -0.1) is 0 Å². The van der Waals surface area contributed by atoms with Gasteiger partial charge in [0, 0.05) is 30.9 Å². The van der Waals surface area contributed by atoms with Gasteiger partial charge >= 0.3 is 0 Å². The summed E-state index contributed by atoms with van der Waals surface area (Å²) in [7, 11) is 1.91. The van der Waals surface area contributed by atoms with Crippen molar-refractivity contribution in [2.45, 2.75) is 39.5 Å². The largest absolute Gasteiger partial charge is 0.388 e. The Hall–Kier alpha value is -1.51. The van der Waals surface area contributed by atoms with Gasteiger partial charge in [-0.05, 0) is 43.4 Å². The number of nitrogens with one attached hydrogen (secondary N) is 1. The van der Waals surface area contributed by atoms with Crippen molar-refractivity contribution < 1.29 is 4.79 Å². The predicted octanol–water partition coefficient (Wildman–Crippen LogP) is 3.44. The van der Waals surface area contributed by atoms with E-state index in [9.17, 15) is 4.79 Å². The molecule has 0 aromatic heterocycles. The maximum Gasteiger partial charge on any atom is 0.230 e. The number of carbonyl (C=O) groups is 1. The number of hydrogen-bond acceptors (Lipinski definition) is 2. The van der Waals surface area contributed by atoms with Gasteiger partial charge < -0.3 is 10.2 Å². The van der Waals surface area contributed by atoms with Crippen molar-refractivity contribution in [3.8, 4) is 0 Å². The highest BCUT2D eigenvalue weighted by atomic mass is 16.2. The normalized spacial score (nSPS) is 14.4. The third-order valence-electron chi connectivity index (χ3n) is 4.09. The molecule has 2 rings (SSSR count). The Bertz CT molecular complexity index is 452. The fourth-order valence-electron chi connectivity index (χ4n) is 2.82. The van der Waals surface area contributed by atoms with E-state index in [1.807, 2.05) is 11.9 Å². The van der Waals surface area contributed by atoms with Crippen LogP contribution < -0.4 is 10.2 Å². The number of nitrogens with zero attached hydrogens (tertiary/aromatic N) is 1. The molecule has 1 amide bonds. The van der Waals surface area contributed by atoms with Gasteiger partial charge in [0.25, 0.3) is 0 Å². The third kappa shape index (κ3) is 2.75. The van der Waals surface area contributed by atoms with Gasteiger partial charge in [0.05, 0.1) is 0 Å². The van der Waals surface area contributed by atoms with Crippen LogP contribution >= 0.6 is 0 Å². The number of hydrogen-bond donors (Lipinski definition) is 1. The van der Waals surface area contributed by atoms with E-state index in [2.05, 4.69) is 37.4 Å². The van der Waals surface area contributed by atoms with Crippen molar-refractivity contribution in [3.63, 3.8) is 0 Å². The third-order valence-corrected chi connectivity index (χ3v) is 4.09. The predicted molar refractivity (Wildman–Crippen MR) is 80.7 cm³/mol. The maximum atomic E-state index is 12.6. The van der Waals surface area contributed by atoms with Gasteiger partial charge in [-0.1, -0.05) is 19.9 Å². The fraction of sp³-hybridized carbons (Fsp3) is 0.562. The van der Waals surface area contributed by atoms with Gasteiger partial charge in [0.1, 0.15) is 0 Å². The molecule has 1 aliphatic rings. The first-order chi connectivity index (χ1) is 9.21. The maximum absolute atomic E-state index is 12.6. The Morgan fingerprint density at radius 3 is 2.74 bits per heavy atom. The summed E-state index contributed by atoms with van der Waals surface area (Å²) in [5.74, 6) is 0.448. The second-order valence-electron chi connectivity index (χ2n) is 5.20. The van der Waals surface area contributed by atoms with Crippen LogP contribution in [0.5, 0.6) is 0 Å². The molecule has 0 saturated heterocycles. The highest BCUT2D eigenvalue weighted by Crippen LogP contribution is 2.31. The van der Waals surface area contributed by atoms with Crippen molar-refractivity contribution in [1.82, 2.24) is 0 Å². The van der Waals surface area contributed by atoms with Gasteiger partial charge in [-0.2, -0.15) is 0 Å². The smallest absolute Gasteiger partial charge is 0.230 e. The molecule has 0 aliphatic carbocycles. The average molecular weight is 260 g/mol. The molecule has 3 heteroatoms. The SMILES string of the molecule is CCC(CC)C(=O)N1CCCc2ccc(NC)cc21. The van der Waals surface area contributed by atoms with E-state index in [0.717, 1.165) is 43.6 Å². The Morgan fingerprint density at radius 2 is 2.11 bits per heavy atom. The summed E-state index contributed by atoms with van der Waals surface area (Å²) < 4.78 is 0. The first-order valence-corrected chi connectivity index (χ1v) is 7.33.